The molecule has 0 aromatic carbocycles. The largest absolute Gasteiger partial charge is 0.457 e. The van der Waals surface area contributed by atoms with Crippen LogP contribution in [0.15, 0.2) is 30.6 Å². The summed E-state index contributed by atoms with van der Waals surface area (Å²) in [5, 5.41) is 2.77. The molecule has 0 bridgehead atoms. The topological polar surface area (TPSA) is 141 Å². The molecule has 1 aliphatic rings. The van der Waals surface area contributed by atoms with E-state index in [0.29, 0.717) is 24.4 Å². The maximum absolute atomic E-state index is 12.7. The molecule has 142 valence electrons. The molecule has 1 saturated heterocycles. The average Bonchev–Trinajstić information content (AvgIpc) is 3.06. The van der Waals surface area contributed by atoms with E-state index in [2.05, 4.69) is 10.3 Å². The number of nitrogens with one attached hydrogen (secondary N) is 1. The van der Waals surface area contributed by atoms with Crippen LogP contribution in [0.4, 0.5) is 14.6 Å². The van der Waals surface area contributed by atoms with Crippen molar-refractivity contribution in [1.29, 1.82) is 0 Å². The SMILES string of the molecule is NC(=O)Nc1sc(-c2ccncc2)cc1C(=O)OC1CCCN(C(N)=O)C1. The van der Waals surface area contributed by atoms with Crippen molar-refractivity contribution in [2.24, 2.45) is 11.5 Å². The zero-order valence-electron chi connectivity index (χ0n) is 14.4. The molecule has 3 heterocycles. The van der Waals surface area contributed by atoms with Gasteiger partial charge in [-0.05, 0) is 36.6 Å². The number of aromatic nitrogens is 1. The quantitative estimate of drug-likeness (QED) is 0.686. The molecular formula is C17H19N5O4S. The number of ether oxygens (including phenoxy) is 1. The van der Waals surface area contributed by atoms with E-state index in [9.17, 15) is 14.4 Å². The Hall–Kier alpha value is -3.14. The highest BCUT2D eigenvalue weighted by Gasteiger charge is 2.27. The lowest BCUT2D eigenvalue weighted by Crippen LogP contribution is -2.46. The lowest BCUT2D eigenvalue weighted by molar-refractivity contribution is 0.0129. The van der Waals surface area contributed by atoms with Gasteiger partial charge in [-0.3, -0.25) is 10.3 Å². The standard InChI is InChI=1S/C17H19N5O4S/c18-16(24)21-14-12(8-13(27-14)10-3-5-20-6-4-10)15(23)26-11-2-1-7-22(9-11)17(19)25/h3-6,8,11H,1-2,7,9H2,(H2,19,25)(H3,18,21,24). The predicted octanol–water partition coefficient (Wildman–Crippen LogP) is 2.00. The number of urea groups is 2. The number of piperidine rings is 1. The summed E-state index contributed by atoms with van der Waals surface area (Å²) in [4.78, 5) is 41.5. The van der Waals surface area contributed by atoms with E-state index in [-0.39, 0.29) is 12.1 Å². The summed E-state index contributed by atoms with van der Waals surface area (Å²) in [5.74, 6) is -0.591. The van der Waals surface area contributed by atoms with Gasteiger partial charge in [0.2, 0.25) is 0 Å². The van der Waals surface area contributed by atoms with Gasteiger partial charge >= 0.3 is 18.0 Å². The summed E-state index contributed by atoms with van der Waals surface area (Å²) < 4.78 is 5.54. The fourth-order valence-electron chi connectivity index (χ4n) is 2.86. The number of pyridine rings is 1. The highest BCUT2D eigenvalue weighted by molar-refractivity contribution is 7.20. The van der Waals surface area contributed by atoms with E-state index >= 15 is 0 Å². The summed E-state index contributed by atoms with van der Waals surface area (Å²) in [6.45, 7) is 0.795. The van der Waals surface area contributed by atoms with Gasteiger partial charge in [0.1, 0.15) is 11.1 Å². The Labute approximate surface area is 159 Å². The van der Waals surface area contributed by atoms with Gasteiger partial charge in [-0.25, -0.2) is 14.4 Å². The molecule has 1 fully saturated rings. The van der Waals surface area contributed by atoms with Crippen LogP contribution in [-0.4, -0.2) is 47.1 Å². The molecule has 0 saturated carbocycles. The van der Waals surface area contributed by atoms with Crippen molar-refractivity contribution >= 4 is 34.4 Å². The number of hydrogen-bond acceptors (Lipinski definition) is 6. The second-order valence-electron chi connectivity index (χ2n) is 6.03. The molecule has 3 rings (SSSR count). The number of esters is 1. The average molecular weight is 389 g/mol. The van der Waals surface area contributed by atoms with Gasteiger partial charge in [-0.15, -0.1) is 11.3 Å². The van der Waals surface area contributed by atoms with Crippen LogP contribution in [0.3, 0.4) is 0 Å². The van der Waals surface area contributed by atoms with Crippen molar-refractivity contribution in [3.63, 3.8) is 0 Å². The first-order chi connectivity index (χ1) is 12.9. The first-order valence-electron chi connectivity index (χ1n) is 8.30. The Morgan fingerprint density at radius 1 is 1.26 bits per heavy atom. The normalized spacial score (nSPS) is 16.6. The molecule has 0 spiro atoms. The maximum atomic E-state index is 12.7. The highest BCUT2D eigenvalue weighted by atomic mass is 32.1. The molecule has 1 aliphatic heterocycles. The summed E-state index contributed by atoms with van der Waals surface area (Å²) in [6.07, 6.45) is 4.14. The second kappa shape index (κ2) is 8.04. The third kappa shape index (κ3) is 4.53. The molecule has 2 aromatic rings. The molecule has 1 atom stereocenters. The van der Waals surface area contributed by atoms with Gasteiger partial charge in [-0.2, -0.15) is 0 Å². The van der Waals surface area contributed by atoms with Crippen LogP contribution in [0.25, 0.3) is 10.4 Å². The van der Waals surface area contributed by atoms with Crippen LogP contribution < -0.4 is 16.8 Å². The first-order valence-corrected chi connectivity index (χ1v) is 9.11. The van der Waals surface area contributed by atoms with Crippen LogP contribution in [0.5, 0.6) is 0 Å². The van der Waals surface area contributed by atoms with Crippen molar-refractivity contribution in [1.82, 2.24) is 9.88 Å². The Balaban J connectivity index is 1.81. The highest BCUT2D eigenvalue weighted by Crippen LogP contribution is 2.36. The number of thiophene rings is 1. The number of nitrogens with zero attached hydrogens (tertiary/aromatic N) is 2. The van der Waals surface area contributed by atoms with Crippen molar-refractivity contribution in [3.05, 3.63) is 36.2 Å². The summed E-state index contributed by atoms with van der Waals surface area (Å²) in [5.41, 5.74) is 11.6. The maximum Gasteiger partial charge on any atom is 0.341 e. The number of carbonyl (C=O) groups excluding carboxylic acids is 3. The molecule has 10 heteroatoms. The van der Waals surface area contributed by atoms with Crippen LogP contribution in [0.2, 0.25) is 0 Å². The van der Waals surface area contributed by atoms with Gasteiger partial charge < -0.3 is 21.1 Å². The van der Waals surface area contributed by atoms with Crippen molar-refractivity contribution in [3.8, 4) is 10.4 Å². The van der Waals surface area contributed by atoms with E-state index < -0.39 is 24.1 Å². The molecule has 0 aliphatic carbocycles. The molecule has 9 nitrogen and oxygen atoms in total. The zero-order chi connectivity index (χ0) is 19.4. The van der Waals surface area contributed by atoms with Gasteiger partial charge in [0.25, 0.3) is 0 Å². The number of carbonyl (C=O) groups is 3. The van der Waals surface area contributed by atoms with E-state index in [1.165, 1.54) is 16.2 Å². The summed E-state index contributed by atoms with van der Waals surface area (Å²) >= 11 is 1.21. The fourth-order valence-corrected chi connectivity index (χ4v) is 3.91. The summed E-state index contributed by atoms with van der Waals surface area (Å²) in [7, 11) is 0. The minimum Gasteiger partial charge on any atom is -0.457 e. The fraction of sp³-hybridized carbons (Fsp3) is 0.294. The monoisotopic (exact) mass is 389 g/mol. The minimum absolute atomic E-state index is 0.210. The molecule has 27 heavy (non-hydrogen) atoms. The van der Waals surface area contributed by atoms with Gasteiger partial charge in [0.15, 0.2) is 0 Å². The van der Waals surface area contributed by atoms with Crippen LogP contribution in [0, 0.1) is 0 Å². The third-order valence-corrected chi connectivity index (χ3v) is 5.22. The Bertz CT molecular complexity index is 854. The van der Waals surface area contributed by atoms with Gasteiger partial charge in [-0.1, -0.05) is 0 Å². The van der Waals surface area contributed by atoms with Crippen LogP contribution in [-0.2, 0) is 4.74 Å². The van der Waals surface area contributed by atoms with Crippen LogP contribution >= 0.6 is 11.3 Å². The predicted molar refractivity (Wildman–Crippen MR) is 100 cm³/mol. The Morgan fingerprint density at radius 3 is 2.67 bits per heavy atom. The van der Waals surface area contributed by atoms with E-state index in [1.54, 1.807) is 30.6 Å². The lowest BCUT2D eigenvalue weighted by atomic mass is 10.1. The van der Waals surface area contributed by atoms with E-state index in [0.717, 1.165) is 10.4 Å². The molecular weight excluding hydrogens is 370 g/mol. The molecule has 4 amide bonds. The number of amides is 4. The zero-order valence-corrected chi connectivity index (χ0v) is 15.2. The number of likely N-dealkylation sites (tertiary alicyclic amines) is 1. The van der Waals surface area contributed by atoms with Crippen molar-refractivity contribution in [2.75, 3.05) is 18.4 Å². The Kier molecular flexibility index (Phi) is 5.55. The van der Waals surface area contributed by atoms with Gasteiger partial charge in [0.05, 0.1) is 12.1 Å². The first kappa shape index (κ1) is 18.6. The number of hydrogen-bond donors (Lipinski definition) is 3. The number of primary amides is 2. The number of rotatable bonds is 4. The van der Waals surface area contributed by atoms with E-state index in [1.807, 2.05) is 0 Å². The van der Waals surface area contributed by atoms with Gasteiger partial charge in [0, 0.05) is 23.8 Å². The summed E-state index contributed by atoms with van der Waals surface area (Å²) in [6, 6.07) is 3.91. The second-order valence-corrected chi connectivity index (χ2v) is 7.08. The lowest BCUT2D eigenvalue weighted by Gasteiger charge is -2.31. The number of anilines is 1. The van der Waals surface area contributed by atoms with Crippen molar-refractivity contribution in [2.45, 2.75) is 18.9 Å². The molecule has 5 N–H and O–H groups in total. The smallest absolute Gasteiger partial charge is 0.341 e. The molecule has 2 aromatic heterocycles. The molecule has 0 radical (unpaired) electrons. The Morgan fingerprint density at radius 2 is 2.00 bits per heavy atom. The van der Waals surface area contributed by atoms with Crippen LogP contribution in [0.1, 0.15) is 23.2 Å². The number of nitrogens with two attached hydrogens (primary N) is 2. The minimum atomic E-state index is -0.773. The molecule has 1 unspecified atom stereocenters. The van der Waals surface area contributed by atoms with Crippen molar-refractivity contribution < 1.29 is 19.1 Å². The van der Waals surface area contributed by atoms with E-state index in [4.69, 9.17) is 16.2 Å². The third-order valence-electron chi connectivity index (χ3n) is 4.12.